The first-order valence-electron chi connectivity index (χ1n) is 8.12. The molecule has 5 nitrogen and oxygen atoms in total. The number of halogens is 1. The molecule has 0 amide bonds. The van der Waals surface area contributed by atoms with Gasteiger partial charge < -0.3 is 20.1 Å². The van der Waals surface area contributed by atoms with Gasteiger partial charge >= 0.3 is 0 Å². The Balaban J connectivity index is 0.00000312. The quantitative estimate of drug-likeness (QED) is 0.385. The first-order valence-corrected chi connectivity index (χ1v) is 8.12. The van der Waals surface area contributed by atoms with Crippen LogP contribution < -0.4 is 15.2 Å². The summed E-state index contributed by atoms with van der Waals surface area (Å²) < 4.78 is 11.1. The van der Waals surface area contributed by atoms with E-state index in [1.54, 1.807) is 7.11 Å². The van der Waals surface area contributed by atoms with E-state index in [-0.39, 0.29) is 24.0 Å². The zero-order valence-corrected chi connectivity index (χ0v) is 17.3. The number of guanidine groups is 1. The molecule has 0 saturated heterocycles. The van der Waals surface area contributed by atoms with Gasteiger partial charge in [0.15, 0.2) is 17.5 Å². The van der Waals surface area contributed by atoms with E-state index in [2.05, 4.69) is 18.8 Å². The molecule has 25 heavy (non-hydrogen) atoms. The van der Waals surface area contributed by atoms with Crippen LogP contribution in [0.4, 0.5) is 0 Å². The van der Waals surface area contributed by atoms with Crippen molar-refractivity contribution in [2.75, 3.05) is 20.2 Å². The molecular weight excluding hydrogens is 429 g/mol. The SMILES string of the molecule is CCN(CC)C(N)=NCc1ccc(Oc2ccccc2OC)cc1.I. The number of nitrogens with zero attached hydrogens (tertiary/aromatic N) is 2. The molecule has 0 unspecified atom stereocenters. The largest absolute Gasteiger partial charge is 0.493 e. The minimum atomic E-state index is 0. The molecule has 2 aromatic carbocycles. The van der Waals surface area contributed by atoms with Gasteiger partial charge in [-0.1, -0.05) is 24.3 Å². The van der Waals surface area contributed by atoms with Gasteiger partial charge in [0.2, 0.25) is 0 Å². The van der Waals surface area contributed by atoms with E-state index in [1.807, 2.05) is 53.4 Å². The minimum Gasteiger partial charge on any atom is -0.493 e. The Bertz CT molecular complexity index is 671. The Hall–Kier alpha value is -1.96. The maximum atomic E-state index is 5.99. The van der Waals surface area contributed by atoms with Crippen molar-refractivity contribution in [2.24, 2.45) is 10.7 Å². The summed E-state index contributed by atoms with van der Waals surface area (Å²) in [6.45, 7) is 6.40. The van der Waals surface area contributed by atoms with Crippen LogP contribution in [0.15, 0.2) is 53.5 Å². The Morgan fingerprint density at radius 1 is 1.00 bits per heavy atom. The summed E-state index contributed by atoms with van der Waals surface area (Å²) in [7, 11) is 1.63. The number of nitrogens with two attached hydrogens (primary N) is 1. The highest BCUT2D eigenvalue weighted by molar-refractivity contribution is 14.0. The molecule has 6 heteroatoms. The van der Waals surface area contributed by atoms with Crippen molar-refractivity contribution < 1.29 is 9.47 Å². The van der Waals surface area contributed by atoms with Crippen LogP contribution in [0.5, 0.6) is 17.2 Å². The summed E-state index contributed by atoms with van der Waals surface area (Å²) in [5.41, 5.74) is 7.07. The summed E-state index contributed by atoms with van der Waals surface area (Å²) in [4.78, 5) is 6.46. The van der Waals surface area contributed by atoms with Gasteiger partial charge in [0.25, 0.3) is 0 Å². The van der Waals surface area contributed by atoms with E-state index in [9.17, 15) is 0 Å². The van der Waals surface area contributed by atoms with Gasteiger partial charge in [0.05, 0.1) is 13.7 Å². The van der Waals surface area contributed by atoms with Crippen LogP contribution in [-0.2, 0) is 6.54 Å². The Morgan fingerprint density at radius 2 is 1.60 bits per heavy atom. The Morgan fingerprint density at radius 3 is 2.16 bits per heavy atom. The Labute approximate surface area is 166 Å². The summed E-state index contributed by atoms with van der Waals surface area (Å²) >= 11 is 0. The van der Waals surface area contributed by atoms with E-state index < -0.39 is 0 Å². The second-order valence-corrected chi connectivity index (χ2v) is 5.24. The zero-order valence-electron chi connectivity index (χ0n) is 14.9. The number of benzene rings is 2. The van der Waals surface area contributed by atoms with Crippen molar-refractivity contribution in [2.45, 2.75) is 20.4 Å². The monoisotopic (exact) mass is 455 g/mol. The predicted molar refractivity (Wildman–Crippen MR) is 113 cm³/mol. The minimum absolute atomic E-state index is 0. The fourth-order valence-electron chi connectivity index (χ4n) is 2.31. The highest BCUT2D eigenvalue weighted by Gasteiger charge is 2.05. The molecule has 0 heterocycles. The third-order valence-electron chi connectivity index (χ3n) is 3.73. The molecule has 2 rings (SSSR count). The molecular formula is C19H26IN3O2. The highest BCUT2D eigenvalue weighted by atomic mass is 127. The fourth-order valence-corrected chi connectivity index (χ4v) is 2.31. The number of ether oxygens (including phenoxy) is 2. The molecule has 0 aliphatic rings. The van der Waals surface area contributed by atoms with Crippen molar-refractivity contribution >= 4 is 29.9 Å². The van der Waals surface area contributed by atoms with Crippen molar-refractivity contribution in [3.05, 3.63) is 54.1 Å². The second kappa shape index (κ2) is 10.8. The van der Waals surface area contributed by atoms with E-state index in [0.717, 1.165) is 24.4 Å². The second-order valence-electron chi connectivity index (χ2n) is 5.24. The molecule has 2 aromatic rings. The normalized spacial score (nSPS) is 10.8. The summed E-state index contributed by atoms with van der Waals surface area (Å²) in [6.07, 6.45) is 0. The highest BCUT2D eigenvalue weighted by Crippen LogP contribution is 2.30. The van der Waals surface area contributed by atoms with Gasteiger partial charge in [-0.3, -0.25) is 0 Å². The molecule has 2 N–H and O–H groups in total. The smallest absolute Gasteiger partial charge is 0.191 e. The fraction of sp³-hybridized carbons (Fsp3) is 0.316. The zero-order chi connectivity index (χ0) is 17.4. The third-order valence-corrected chi connectivity index (χ3v) is 3.73. The van der Waals surface area contributed by atoms with Crippen molar-refractivity contribution in [1.82, 2.24) is 4.90 Å². The summed E-state index contributed by atoms with van der Waals surface area (Å²) in [6, 6.07) is 15.4. The first kappa shape index (κ1) is 21.1. The number of methoxy groups -OCH3 is 1. The van der Waals surface area contributed by atoms with Gasteiger partial charge in [-0.15, -0.1) is 24.0 Å². The van der Waals surface area contributed by atoms with Gasteiger partial charge in [-0.2, -0.15) is 0 Å². The van der Waals surface area contributed by atoms with Crippen molar-refractivity contribution in [1.29, 1.82) is 0 Å². The number of para-hydroxylation sites is 2. The molecule has 0 aliphatic heterocycles. The lowest BCUT2D eigenvalue weighted by Gasteiger charge is -2.19. The van der Waals surface area contributed by atoms with Crippen LogP contribution in [-0.4, -0.2) is 31.1 Å². The standard InChI is InChI=1S/C19H25N3O2.HI/c1-4-22(5-2)19(20)21-14-15-10-12-16(13-11-15)24-18-9-7-6-8-17(18)23-3;/h6-13H,4-5,14H2,1-3H3,(H2,20,21);1H. The molecule has 0 spiro atoms. The number of hydrogen-bond acceptors (Lipinski definition) is 3. The van der Waals surface area contributed by atoms with Crippen LogP contribution in [0.1, 0.15) is 19.4 Å². The molecule has 0 bridgehead atoms. The topological polar surface area (TPSA) is 60.1 Å². The first-order chi connectivity index (χ1) is 11.7. The van der Waals surface area contributed by atoms with Crippen LogP contribution >= 0.6 is 24.0 Å². The Kier molecular flexibility index (Phi) is 9.12. The van der Waals surface area contributed by atoms with Crippen LogP contribution in [0.3, 0.4) is 0 Å². The number of hydrogen-bond donors (Lipinski definition) is 1. The lowest BCUT2D eigenvalue weighted by atomic mass is 10.2. The van der Waals surface area contributed by atoms with Gasteiger partial charge in [-0.05, 0) is 43.7 Å². The van der Waals surface area contributed by atoms with E-state index in [1.165, 1.54) is 0 Å². The molecule has 0 fully saturated rings. The number of rotatable bonds is 7. The molecule has 0 aromatic heterocycles. The molecule has 0 atom stereocenters. The maximum Gasteiger partial charge on any atom is 0.191 e. The van der Waals surface area contributed by atoms with Crippen molar-refractivity contribution in [3.8, 4) is 17.2 Å². The lowest BCUT2D eigenvalue weighted by molar-refractivity contribution is 0.379. The average molecular weight is 455 g/mol. The van der Waals surface area contributed by atoms with Crippen molar-refractivity contribution in [3.63, 3.8) is 0 Å². The number of aliphatic imine (C=N–C) groups is 1. The summed E-state index contributed by atoms with van der Waals surface area (Å²) in [5.74, 6) is 2.73. The average Bonchev–Trinajstić information content (AvgIpc) is 2.62. The third kappa shape index (κ3) is 6.12. The summed E-state index contributed by atoms with van der Waals surface area (Å²) in [5, 5.41) is 0. The van der Waals surface area contributed by atoms with E-state index in [0.29, 0.717) is 24.0 Å². The molecule has 0 radical (unpaired) electrons. The molecule has 136 valence electrons. The van der Waals surface area contributed by atoms with Gasteiger partial charge in [0.1, 0.15) is 5.75 Å². The van der Waals surface area contributed by atoms with Crippen LogP contribution in [0.25, 0.3) is 0 Å². The maximum absolute atomic E-state index is 5.99. The van der Waals surface area contributed by atoms with Crippen LogP contribution in [0, 0.1) is 0 Å². The van der Waals surface area contributed by atoms with E-state index in [4.69, 9.17) is 15.2 Å². The molecule has 0 saturated carbocycles. The van der Waals surface area contributed by atoms with E-state index >= 15 is 0 Å². The predicted octanol–water partition coefficient (Wildman–Crippen LogP) is 4.26. The molecule has 0 aliphatic carbocycles. The van der Waals surface area contributed by atoms with Crippen LogP contribution in [0.2, 0.25) is 0 Å². The lowest BCUT2D eigenvalue weighted by Crippen LogP contribution is -2.37. The van der Waals surface area contributed by atoms with Gasteiger partial charge in [-0.25, -0.2) is 4.99 Å². The van der Waals surface area contributed by atoms with Gasteiger partial charge in [0, 0.05) is 13.1 Å².